The van der Waals surface area contributed by atoms with E-state index in [1.54, 1.807) is 24.3 Å². The van der Waals surface area contributed by atoms with Gasteiger partial charge in [0.05, 0.1) is 49.8 Å². The second-order valence-corrected chi connectivity index (χ2v) is 14.2. The average molecular weight is 655 g/mol. The second kappa shape index (κ2) is 13.8. The van der Waals surface area contributed by atoms with Gasteiger partial charge in [0.25, 0.3) is 0 Å². The molecule has 5 unspecified atom stereocenters. The van der Waals surface area contributed by atoms with Gasteiger partial charge in [0, 0.05) is 56.6 Å². The van der Waals surface area contributed by atoms with Crippen LogP contribution in [0.2, 0.25) is 0 Å². The van der Waals surface area contributed by atoms with E-state index < -0.39 is 0 Å². The molecule has 1 N–H and O–H groups in total. The van der Waals surface area contributed by atoms with Crippen LogP contribution < -0.4 is 19.4 Å². The van der Waals surface area contributed by atoms with Crippen molar-refractivity contribution in [2.75, 3.05) is 61.1 Å². The molecule has 0 radical (unpaired) electrons. The molecular weight excluding hydrogens is 604 g/mol. The molecular formula is C37H50N8O3. The first-order chi connectivity index (χ1) is 23.4. The van der Waals surface area contributed by atoms with Gasteiger partial charge in [-0.25, -0.2) is 4.79 Å². The van der Waals surface area contributed by atoms with Gasteiger partial charge >= 0.3 is 6.03 Å². The SMILES string of the molecule is CCC(C)N(C)C(=O)N(C=N)c1ccc(N2CCN(c3ccc(OCC4COC(Cn5nccn5)(C5CCC5)C5CC45)cc3)CC2)cc1. The minimum absolute atomic E-state index is 0.108. The molecule has 2 aliphatic carbocycles. The van der Waals surface area contributed by atoms with Crippen molar-refractivity contribution in [3.8, 4) is 5.75 Å². The monoisotopic (exact) mass is 654 g/mol. The summed E-state index contributed by atoms with van der Waals surface area (Å²) in [6, 6.07) is 16.4. The van der Waals surface area contributed by atoms with Crippen LogP contribution in [0.15, 0.2) is 60.9 Å². The highest BCUT2D eigenvalue weighted by molar-refractivity contribution is 6.06. The molecule has 2 aromatic carbocycles. The van der Waals surface area contributed by atoms with E-state index >= 15 is 0 Å². The van der Waals surface area contributed by atoms with Crippen molar-refractivity contribution in [3.05, 3.63) is 60.9 Å². The number of piperazine rings is 1. The Morgan fingerprint density at radius 2 is 1.67 bits per heavy atom. The van der Waals surface area contributed by atoms with Gasteiger partial charge in [0.15, 0.2) is 0 Å². The average Bonchev–Trinajstić information content (AvgIpc) is 3.77. The topological polar surface area (TPSA) is 103 Å². The van der Waals surface area contributed by atoms with E-state index in [0.29, 0.717) is 36.0 Å². The van der Waals surface area contributed by atoms with Crippen molar-refractivity contribution in [1.82, 2.24) is 19.9 Å². The van der Waals surface area contributed by atoms with Crippen LogP contribution in [-0.2, 0) is 11.3 Å². The molecule has 11 nitrogen and oxygen atoms in total. The second-order valence-electron chi connectivity index (χ2n) is 14.2. The van der Waals surface area contributed by atoms with Crippen LogP contribution in [0, 0.1) is 29.1 Å². The number of urea groups is 1. The standard InChI is InChI=1S/C37H50N8O3/c1-4-27(2)41(3)36(46)44(26-38)32-10-8-30(9-11-32)42-18-20-43(21-19-42)31-12-14-33(15-13-31)47-23-28-24-48-37(29-6-5-7-29,35-22-34(28)35)25-45-39-16-17-40-45/h8-17,26-29,34-35,38H,4-7,18-25H2,1-3H3. The van der Waals surface area contributed by atoms with E-state index in [4.69, 9.17) is 14.9 Å². The minimum Gasteiger partial charge on any atom is -0.493 e. The summed E-state index contributed by atoms with van der Waals surface area (Å²) < 4.78 is 13.1. The number of rotatable bonds is 12. The number of carbonyl (C=O) groups excluding carboxylic acids is 1. The maximum atomic E-state index is 12.9. The molecule has 4 aliphatic rings. The van der Waals surface area contributed by atoms with Crippen LogP contribution in [0.5, 0.6) is 5.75 Å². The van der Waals surface area contributed by atoms with Crippen molar-refractivity contribution < 1.29 is 14.3 Å². The molecule has 2 aliphatic heterocycles. The van der Waals surface area contributed by atoms with Crippen LogP contribution in [0.1, 0.15) is 46.0 Å². The van der Waals surface area contributed by atoms with Crippen molar-refractivity contribution in [2.24, 2.45) is 23.7 Å². The number of hydrogen-bond acceptors (Lipinski definition) is 8. The zero-order chi connectivity index (χ0) is 33.3. The van der Waals surface area contributed by atoms with Crippen LogP contribution in [0.3, 0.4) is 0 Å². The summed E-state index contributed by atoms with van der Waals surface area (Å²) in [5.74, 6) is 3.21. The number of hydrogen-bond donors (Lipinski definition) is 1. The Morgan fingerprint density at radius 1 is 1.04 bits per heavy atom. The lowest BCUT2D eigenvalue weighted by atomic mass is 9.68. The Morgan fingerprint density at radius 3 is 2.23 bits per heavy atom. The zero-order valence-electron chi connectivity index (χ0n) is 28.6. The Balaban J connectivity index is 0.884. The number of ether oxygens (including phenoxy) is 2. The molecule has 0 spiro atoms. The number of benzene rings is 2. The fourth-order valence-corrected chi connectivity index (χ4v) is 7.99. The molecule has 2 saturated heterocycles. The molecule has 7 rings (SSSR count). The fraction of sp³-hybridized carbons (Fsp3) is 0.568. The van der Waals surface area contributed by atoms with Crippen molar-refractivity contribution in [1.29, 1.82) is 5.41 Å². The highest BCUT2D eigenvalue weighted by atomic mass is 16.5. The van der Waals surface area contributed by atoms with Gasteiger partial charge in [-0.3, -0.25) is 10.3 Å². The van der Waals surface area contributed by atoms with Gasteiger partial charge < -0.3 is 24.2 Å². The van der Waals surface area contributed by atoms with Crippen LogP contribution >= 0.6 is 0 Å². The predicted molar refractivity (Wildman–Crippen MR) is 188 cm³/mol. The maximum Gasteiger partial charge on any atom is 0.329 e. The molecule has 256 valence electrons. The third-order valence-electron chi connectivity index (χ3n) is 11.6. The Bertz CT molecular complexity index is 1520. The molecule has 2 saturated carbocycles. The Kier molecular flexibility index (Phi) is 9.31. The molecule has 48 heavy (non-hydrogen) atoms. The number of carbonyl (C=O) groups is 1. The molecule has 4 fully saturated rings. The molecule has 11 heteroatoms. The van der Waals surface area contributed by atoms with Gasteiger partial charge in [-0.15, -0.1) is 0 Å². The Labute approximate surface area is 284 Å². The number of nitrogens with zero attached hydrogens (tertiary/aromatic N) is 7. The molecule has 1 aromatic heterocycles. The van der Waals surface area contributed by atoms with E-state index in [0.717, 1.165) is 63.5 Å². The number of anilines is 3. The molecule has 0 bridgehead atoms. The third-order valence-corrected chi connectivity index (χ3v) is 11.6. The largest absolute Gasteiger partial charge is 0.493 e. The number of aromatic nitrogens is 3. The van der Waals surface area contributed by atoms with E-state index in [2.05, 4.69) is 63.3 Å². The third kappa shape index (κ3) is 6.36. The van der Waals surface area contributed by atoms with Gasteiger partial charge in [-0.2, -0.15) is 15.0 Å². The van der Waals surface area contributed by atoms with E-state index in [1.807, 2.05) is 23.9 Å². The summed E-state index contributed by atoms with van der Waals surface area (Å²) in [5.41, 5.74) is 2.93. The Hall–Kier alpha value is -4.12. The maximum absolute atomic E-state index is 12.9. The number of nitrogens with one attached hydrogen (secondary N) is 1. The van der Waals surface area contributed by atoms with Crippen LogP contribution in [0.25, 0.3) is 0 Å². The van der Waals surface area contributed by atoms with Crippen molar-refractivity contribution in [2.45, 2.75) is 64.1 Å². The molecule has 3 heterocycles. The van der Waals surface area contributed by atoms with Crippen LogP contribution in [-0.4, -0.2) is 90.3 Å². The smallest absolute Gasteiger partial charge is 0.329 e. The highest BCUT2D eigenvalue weighted by Crippen LogP contribution is 2.61. The number of amides is 2. The summed E-state index contributed by atoms with van der Waals surface area (Å²) >= 11 is 0. The van der Waals surface area contributed by atoms with Gasteiger partial charge in [0.2, 0.25) is 0 Å². The first kappa shape index (κ1) is 32.4. The normalized spacial score (nSPS) is 25.9. The summed E-state index contributed by atoms with van der Waals surface area (Å²) in [4.78, 5) is 22.7. The summed E-state index contributed by atoms with van der Waals surface area (Å²) in [6.45, 7) is 9.94. The van der Waals surface area contributed by atoms with E-state index in [9.17, 15) is 4.79 Å². The lowest BCUT2D eigenvalue weighted by Gasteiger charge is -2.48. The van der Waals surface area contributed by atoms with Crippen molar-refractivity contribution in [3.63, 3.8) is 0 Å². The molecule has 2 amide bonds. The van der Waals surface area contributed by atoms with E-state index in [1.165, 1.54) is 36.3 Å². The van der Waals surface area contributed by atoms with Gasteiger partial charge in [-0.05, 0) is 98.9 Å². The quantitative estimate of drug-likeness (QED) is 0.196. The van der Waals surface area contributed by atoms with E-state index in [-0.39, 0.29) is 17.7 Å². The highest BCUT2D eigenvalue weighted by Gasteiger charge is 2.63. The van der Waals surface area contributed by atoms with Gasteiger partial charge in [-0.1, -0.05) is 13.3 Å². The molecule has 5 atom stereocenters. The first-order valence-electron chi connectivity index (χ1n) is 17.8. The first-order valence-corrected chi connectivity index (χ1v) is 17.8. The lowest BCUT2D eigenvalue weighted by Crippen LogP contribution is -2.54. The summed E-state index contributed by atoms with van der Waals surface area (Å²) in [7, 11) is 1.79. The number of fused-ring (bicyclic) bond motifs is 1. The molecule has 3 aromatic rings. The van der Waals surface area contributed by atoms with Gasteiger partial charge in [0.1, 0.15) is 5.75 Å². The predicted octanol–water partition coefficient (Wildman–Crippen LogP) is 5.77. The minimum atomic E-state index is -0.192. The zero-order valence-corrected chi connectivity index (χ0v) is 28.6. The fourth-order valence-electron chi connectivity index (χ4n) is 7.99. The summed E-state index contributed by atoms with van der Waals surface area (Å²) in [5, 5.41) is 16.7. The summed E-state index contributed by atoms with van der Waals surface area (Å²) in [6.07, 6.45) is 10.5. The lowest BCUT2D eigenvalue weighted by molar-refractivity contribution is -0.175. The van der Waals surface area contributed by atoms with Crippen LogP contribution in [0.4, 0.5) is 21.9 Å². The van der Waals surface area contributed by atoms with Crippen molar-refractivity contribution >= 4 is 29.4 Å².